The van der Waals surface area contributed by atoms with Gasteiger partial charge in [-0.2, -0.15) is 9.98 Å². The molecule has 0 aliphatic heterocycles. The monoisotopic (exact) mass is 258 g/mol. The quantitative estimate of drug-likeness (QED) is 0.578. The summed E-state index contributed by atoms with van der Waals surface area (Å²) < 4.78 is 0. The Bertz CT molecular complexity index is 527. The predicted molar refractivity (Wildman–Crippen MR) is 73.5 cm³/mol. The topological polar surface area (TPSA) is 58.9 Å². The van der Waals surface area contributed by atoms with Crippen LogP contribution in [0.15, 0.2) is 28.2 Å². The molecular weight excluding hydrogens is 240 g/mol. The van der Waals surface area contributed by atoms with Gasteiger partial charge in [-0.05, 0) is 36.5 Å². The van der Waals surface area contributed by atoms with Gasteiger partial charge in [-0.1, -0.05) is 32.0 Å². The van der Waals surface area contributed by atoms with Crippen molar-refractivity contribution in [3.05, 3.63) is 34.9 Å². The Hall–Kier alpha value is -2.02. The summed E-state index contributed by atoms with van der Waals surface area (Å²) in [6.45, 7) is 5.91. The number of carbonyl (C=O) groups excluding carboxylic acids is 2. The molecule has 19 heavy (non-hydrogen) atoms. The Morgan fingerprint density at radius 3 is 2.16 bits per heavy atom. The summed E-state index contributed by atoms with van der Waals surface area (Å²) in [6.07, 6.45) is 4.69. The van der Waals surface area contributed by atoms with Gasteiger partial charge in [-0.25, -0.2) is 9.59 Å². The molecule has 0 aromatic heterocycles. The van der Waals surface area contributed by atoms with Crippen molar-refractivity contribution in [2.45, 2.75) is 45.7 Å². The first-order valence-electron chi connectivity index (χ1n) is 6.42. The second-order valence-corrected chi connectivity index (χ2v) is 4.40. The molecule has 0 saturated heterocycles. The van der Waals surface area contributed by atoms with Crippen molar-refractivity contribution < 1.29 is 9.59 Å². The molecule has 0 saturated carbocycles. The number of rotatable bonds is 6. The summed E-state index contributed by atoms with van der Waals surface area (Å²) in [5.41, 5.74) is 3.01. The number of benzene rings is 1. The molecule has 0 fully saturated rings. The van der Waals surface area contributed by atoms with E-state index < -0.39 is 0 Å². The number of hydrogen-bond donors (Lipinski definition) is 0. The first-order valence-corrected chi connectivity index (χ1v) is 6.42. The van der Waals surface area contributed by atoms with E-state index in [0.717, 1.165) is 29.5 Å². The Balaban J connectivity index is 3.25. The Morgan fingerprint density at radius 1 is 1.05 bits per heavy atom. The van der Waals surface area contributed by atoms with Crippen molar-refractivity contribution >= 4 is 12.2 Å². The molecule has 100 valence electrons. The van der Waals surface area contributed by atoms with E-state index in [2.05, 4.69) is 9.98 Å². The van der Waals surface area contributed by atoms with Crippen LogP contribution in [0.3, 0.4) is 0 Å². The van der Waals surface area contributed by atoms with Crippen molar-refractivity contribution in [3.63, 3.8) is 0 Å². The van der Waals surface area contributed by atoms with E-state index in [9.17, 15) is 9.59 Å². The van der Waals surface area contributed by atoms with Gasteiger partial charge in [0.25, 0.3) is 0 Å². The minimum absolute atomic E-state index is 0.185. The van der Waals surface area contributed by atoms with Gasteiger partial charge in [0.05, 0.1) is 12.1 Å². The highest BCUT2D eigenvalue weighted by Gasteiger charge is 2.14. The third kappa shape index (κ3) is 3.72. The molecule has 1 aromatic carbocycles. The second kappa shape index (κ2) is 7.42. The minimum Gasteiger partial charge on any atom is -0.211 e. The third-order valence-corrected chi connectivity index (χ3v) is 3.24. The lowest BCUT2D eigenvalue weighted by Gasteiger charge is -2.16. The molecular formula is C15H18N2O2. The van der Waals surface area contributed by atoms with E-state index in [1.54, 1.807) is 12.2 Å². The summed E-state index contributed by atoms with van der Waals surface area (Å²) >= 11 is 0. The number of aliphatic imine (C=N–C) groups is 2. The van der Waals surface area contributed by atoms with Crippen LogP contribution in [0.5, 0.6) is 0 Å². The van der Waals surface area contributed by atoms with Crippen LogP contribution in [-0.4, -0.2) is 12.2 Å². The molecule has 0 amide bonds. The lowest BCUT2D eigenvalue weighted by molar-refractivity contribution is 0.555. The minimum atomic E-state index is -0.186. The first kappa shape index (κ1) is 15.0. The number of isocyanates is 2. The lowest BCUT2D eigenvalue weighted by atomic mass is 9.94. The Kier molecular flexibility index (Phi) is 5.87. The van der Waals surface area contributed by atoms with Gasteiger partial charge >= 0.3 is 0 Å². The van der Waals surface area contributed by atoms with E-state index in [1.165, 1.54) is 0 Å². The zero-order valence-corrected chi connectivity index (χ0v) is 11.5. The molecule has 2 unspecified atom stereocenters. The summed E-state index contributed by atoms with van der Waals surface area (Å²) in [7, 11) is 0. The van der Waals surface area contributed by atoms with Crippen LogP contribution in [0.1, 0.15) is 55.5 Å². The zero-order chi connectivity index (χ0) is 14.3. The molecule has 1 rings (SSSR count). The van der Waals surface area contributed by atoms with Crippen LogP contribution in [0.2, 0.25) is 0 Å². The number of hydrogen-bond acceptors (Lipinski definition) is 4. The van der Waals surface area contributed by atoms with Gasteiger partial charge in [0.2, 0.25) is 12.2 Å². The Labute approximate surface area is 113 Å². The van der Waals surface area contributed by atoms with E-state index >= 15 is 0 Å². The number of aryl methyl sites for hydroxylation is 1. The van der Waals surface area contributed by atoms with E-state index in [0.29, 0.717) is 0 Å². The highest BCUT2D eigenvalue weighted by molar-refractivity contribution is 5.41. The van der Waals surface area contributed by atoms with Crippen LogP contribution in [0, 0.1) is 6.92 Å². The highest BCUT2D eigenvalue weighted by Crippen LogP contribution is 2.29. The molecule has 4 nitrogen and oxygen atoms in total. The van der Waals surface area contributed by atoms with Crippen molar-refractivity contribution in [2.75, 3.05) is 0 Å². The molecule has 0 spiro atoms. The Morgan fingerprint density at radius 2 is 1.63 bits per heavy atom. The summed E-state index contributed by atoms with van der Waals surface area (Å²) in [5, 5.41) is 0. The van der Waals surface area contributed by atoms with E-state index in [-0.39, 0.29) is 12.1 Å². The summed E-state index contributed by atoms with van der Waals surface area (Å²) in [6, 6.07) is 5.52. The van der Waals surface area contributed by atoms with Crippen LogP contribution in [0.25, 0.3) is 0 Å². The normalized spacial score (nSPS) is 13.0. The smallest absolute Gasteiger partial charge is 0.211 e. The van der Waals surface area contributed by atoms with Gasteiger partial charge in [0.1, 0.15) is 0 Å². The fourth-order valence-electron chi connectivity index (χ4n) is 2.13. The zero-order valence-electron chi connectivity index (χ0n) is 11.5. The molecule has 0 bridgehead atoms. The molecule has 0 aliphatic carbocycles. The van der Waals surface area contributed by atoms with Crippen LogP contribution >= 0.6 is 0 Å². The van der Waals surface area contributed by atoms with Gasteiger partial charge < -0.3 is 0 Å². The van der Waals surface area contributed by atoms with Crippen LogP contribution in [-0.2, 0) is 9.59 Å². The highest BCUT2D eigenvalue weighted by atomic mass is 16.1. The maximum atomic E-state index is 10.5. The van der Waals surface area contributed by atoms with Crippen molar-refractivity contribution in [2.24, 2.45) is 9.98 Å². The van der Waals surface area contributed by atoms with Crippen LogP contribution < -0.4 is 0 Å². The largest absolute Gasteiger partial charge is 0.235 e. The van der Waals surface area contributed by atoms with E-state index in [1.807, 2.05) is 39.0 Å². The molecule has 2 atom stereocenters. The van der Waals surface area contributed by atoms with Crippen molar-refractivity contribution in [3.8, 4) is 0 Å². The van der Waals surface area contributed by atoms with Gasteiger partial charge in [-0.15, -0.1) is 0 Å². The van der Waals surface area contributed by atoms with Gasteiger partial charge in [-0.3, -0.25) is 0 Å². The maximum absolute atomic E-state index is 10.5. The maximum Gasteiger partial charge on any atom is 0.235 e. The fraction of sp³-hybridized carbons (Fsp3) is 0.467. The molecule has 0 heterocycles. The van der Waals surface area contributed by atoms with E-state index in [4.69, 9.17) is 0 Å². The third-order valence-electron chi connectivity index (χ3n) is 3.24. The summed E-state index contributed by atoms with van der Waals surface area (Å²) in [5.74, 6) is 0. The average molecular weight is 258 g/mol. The first-order chi connectivity index (χ1) is 9.17. The molecule has 4 heteroatoms. The average Bonchev–Trinajstić information content (AvgIpc) is 2.43. The molecule has 1 aromatic rings. The predicted octanol–water partition coefficient (Wildman–Crippen LogP) is 3.57. The SMILES string of the molecule is CCC(N=C=O)c1ccc(C)c(C(CC)N=C=O)c1. The summed E-state index contributed by atoms with van der Waals surface area (Å²) in [4.78, 5) is 28.5. The number of nitrogens with zero attached hydrogens (tertiary/aromatic N) is 2. The van der Waals surface area contributed by atoms with Gasteiger partial charge in [0, 0.05) is 0 Å². The van der Waals surface area contributed by atoms with Gasteiger partial charge in [0.15, 0.2) is 0 Å². The fourth-order valence-corrected chi connectivity index (χ4v) is 2.13. The van der Waals surface area contributed by atoms with Crippen LogP contribution in [0.4, 0.5) is 0 Å². The second-order valence-electron chi connectivity index (χ2n) is 4.40. The molecule has 0 N–H and O–H groups in total. The molecule has 0 radical (unpaired) electrons. The standard InChI is InChI=1S/C15H18N2O2/c1-4-14(16-9-18)12-7-6-11(3)13(8-12)15(5-2)17-10-19/h6-8,14-15H,4-5H2,1-3H3. The van der Waals surface area contributed by atoms with Crippen molar-refractivity contribution in [1.29, 1.82) is 0 Å². The lowest BCUT2D eigenvalue weighted by Crippen LogP contribution is -2.01. The van der Waals surface area contributed by atoms with Crippen molar-refractivity contribution in [1.82, 2.24) is 0 Å². The molecule has 0 aliphatic rings.